The molecule has 0 radical (unpaired) electrons. The number of carbonyl (C=O) groups excluding carboxylic acids is 1. The van der Waals surface area contributed by atoms with Crippen LogP contribution in [0.2, 0.25) is 0 Å². The summed E-state index contributed by atoms with van der Waals surface area (Å²) in [5.74, 6) is 0.646. The van der Waals surface area contributed by atoms with E-state index in [1.54, 1.807) is 17.5 Å². The Morgan fingerprint density at radius 3 is 2.72 bits per heavy atom. The third kappa shape index (κ3) is 3.52. The van der Waals surface area contributed by atoms with Crippen LogP contribution in [-0.2, 0) is 16.8 Å². The molecule has 0 aromatic carbocycles. The first kappa shape index (κ1) is 17.8. The topological polar surface area (TPSA) is 54.7 Å². The summed E-state index contributed by atoms with van der Waals surface area (Å²) in [5.41, 5.74) is 2.42. The van der Waals surface area contributed by atoms with Gasteiger partial charge in [-0.25, -0.2) is 4.98 Å². The molecule has 2 aromatic heterocycles. The van der Waals surface area contributed by atoms with Gasteiger partial charge in [-0.1, -0.05) is 27.7 Å². The van der Waals surface area contributed by atoms with E-state index < -0.39 is 0 Å². The summed E-state index contributed by atoms with van der Waals surface area (Å²) in [6.07, 6.45) is 4.35. The largest absolute Gasteiger partial charge is 0.298 e. The number of rotatable bonds is 3. The lowest BCUT2D eigenvalue weighted by Crippen LogP contribution is -2.36. The van der Waals surface area contributed by atoms with Crippen molar-refractivity contribution in [3.63, 3.8) is 0 Å². The van der Waals surface area contributed by atoms with Crippen LogP contribution in [0, 0.1) is 5.92 Å². The maximum atomic E-state index is 12.8. The van der Waals surface area contributed by atoms with Gasteiger partial charge in [0, 0.05) is 25.5 Å². The highest BCUT2D eigenvalue weighted by molar-refractivity contribution is 5.81. The SMILES string of the molecule is CC(=O)[C@H]1C[C@@H](C)CN1Cc1cnc2cc(C(C)(C)C)ccn2c1=O. The highest BCUT2D eigenvalue weighted by Gasteiger charge is 2.33. The first-order chi connectivity index (χ1) is 11.7. The number of hydrogen-bond acceptors (Lipinski definition) is 4. The summed E-state index contributed by atoms with van der Waals surface area (Å²) in [6.45, 7) is 11.5. The molecule has 0 amide bonds. The fourth-order valence-corrected chi connectivity index (χ4v) is 3.64. The Bertz CT molecular complexity index is 863. The van der Waals surface area contributed by atoms with Crippen molar-refractivity contribution in [2.24, 2.45) is 5.92 Å². The Morgan fingerprint density at radius 2 is 2.08 bits per heavy atom. The number of Topliss-reactive ketones (excluding diaryl/α,β-unsaturated/α-hetero) is 1. The molecule has 25 heavy (non-hydrogen) atoms. The van der Waals surface area contributed by atoms with Gasteiger partial charge in [0.15, 0.2) is 0 Å². The maximum absolute atomic E-state index is 12.8. The first-order valence-electron chi connectivity index (χ1n) is 8.92. The van der Waals surface area contributed by atoms with Crippen LogP contribution in [0.5, 0.6) is 0 Å². The van der Waals surface area contributed by atoms with E-state index in [0.29, 0.717) is 23.7 Å². The molecule has 2 atom stereocenters. The molecular weight excluding hydrogens is 314 g/mol. The number of fused-ring (bicyclic) bond motifs is 1. The lowest BCUT2D eigenvalue weighted by atomic mass is 9.88. The summed E-state index contributed by atoms with van der Waals surface area (Å²) in [4.78, 5) is 31.3. The molecule has 0 saturated carbocycles. The number of pyridine rings is 1. The van der Waals surface area contributed by atoms with E-state index in [4.69, 9.17) is 0 Å². The molecule has 0 unspecified atom stereocenters. The fraction of sp³-hybridized carbons (Fsp3) is 0.550. The molecule has 3 rings (SSSR count). The molecule has 0 N–H and O–H groups in total. The van der Waals surface area contributed by atoms with Crippen LogP contribution in [0.25, 0.3) is 5.65 Å². The van der Waals surface area contributed by atoms with Gasteiger partial charge in [0.2, 0.25) is 0 Å². The van der Waals surface area contributed by atoms with Crippen molar-refractivity contribution >= 4 is 11.4 Å². The van der Waals surface area contributed by atoms with Crippen LogP contribution in [0.15, 0.2) is 29.3 Å². The van der Waals surface area contributed by atoms with Gasteiger partial charge < -0.3 is 0 Å². The number of ketones is 1. The van der Waals surface area contributed by atoms with Gasteiger partial charge in [-0.2, -0.15) is 0 Å². The molecule has 5 heteroatoms. The monoisotopic (exact) mass is 341 g/mol. The lowest BCUT2D eigenvalue weighted by Gasteiger charge is -2.22. The smallest absolute Gasteiger partial charge is 0.262 e. The van der Waals surface area contributed by atoms with Crippen LogP contribution in [0.3, 0.4) is 0 Å². The Balaban J connectivity index is 1.94. The molecule has 0 spiro atoms. The highest BCUT2D eigenvalue weighted by atomic mass is 16.1. The van der Waals surface area contributed by atoms with Crippen LogP contribution < -0.4 is 5.56 Å². The van der Waals surface area contributed by atoms with Crippen LogP contribution in [-0.4, -0.2) is 32.7 Å². The van der Waals surface area contributed by atoms with Gasteiger partial charge in [-0.05, 0) is 42.4 Å². The molecule has 2 aromatic rings. The van der Waals surface area contributed by atoms with Crippen LogP contribution >= 0.6 is 0 Å². The minimum Gasteiger partial charge on any atom is -0.298 e. The minimum atomic E-state index is -0.0848. The zero-order valence-corrected chi connectivity index (χ0v) is 15.7. The Kier molecular flexibility index (Phi) is 4.54. The molecule has 1 saturated heterocycles. The molecule has 0 bridgehead atoms. The second kappa shape index (κ2) is 6.37. The Labute approximate surface area is 148 Å². The lowest BCUT2D eigenvalue weighted by molar-refractivity contribution is -0.121. The van der Waals surface area contributed by atoms with Gasteiger partial charge in [0.05, 0.1) is 11.6 Å². The molecule has 3 heterocycles. The Morgan fingerprint density at radius 1 is 1.36 bits per heavy atom. The van der Waals surface area contributed by atoms with Crippen molar-refractivity contribution in [3.8, 4) is 0 Å². The van der Waals surface area contributed by atoms with Crippen LogP contribution in [0.1, 0.15) is 52.2 Å². The molecule has 5 nitrogen and oxygen atoms in total. The van der Waals surface area contributed by atoms with E-state index in [-0.39, 0.29) is 22.8 Å². The number of nitrogens with zero attached hydrogens (tertiary/aromatic N) is 3. The third-order valence-electron chi connectivity index (χ3n) is 5.10. The molecule has 0 aliphatic carbocycles. The number of carbonyl (C=O) groups is 1. The molecule has 1 aliphatic rings. The molecule has 1 fully saturated rings. The zero-order valence-electron chi connectivity index (χ0n) is 15.7. The van der Waals surface area contributed by atoms with Crippen molar-refractivity contribution in [1.82, 2.24) is 14.3 Å². The number of aromatic nitrogens is 2. The maximum Gasteiger partial charge on any atom is 0.262 e. The summed E-state index contributed by atoms with van der Waals surface area (Å²) < 4.78 is 1.60. The first-order valence-corrected chi connectivity index (χ1v) is 8.92. The molecule has 1 aliphatic heterocycles. The summed E-state index contributed by atoms with van der Waals surface area (Å²) in [7, 11) is 0. The zero-order chi connectivity index (χ0) is 18.4. The van der Waals surface area contributed by atoms with E-state index in [0.717, 1.165) is 18.5 Å². The summed E-state index contributed by atoms with van der Waals surface area (Å²) >= 11 is 0. The van der Waals surface area contributed by atoms with E-state index in [1.165, 1.54) is 0 Å². The predicted molar refractivity (Wildman–Crippen MR) is 98.8 cm³/mol. The standard InChI is InChI=1S/C20H27N3O2/c1-13-8-17(14(2)24)22(11-13)12-15-10-21-18-9-16(20(3,4)5)6-7-23(18)19(15)25/h6-7,9-10,13,17H,8,11-12H2,1-5H3/t13-,17-/m1/s1. The predicted octanol–water partition coefficient (Wildman–Crippen LogP) is 2.79. The van der Waals surface area contributed by atoms with E-state index in [1.807, 2.05) is 18.3 Å². The van der Waals surface area contributed by atoms with E-state index in [9.17, 15) is 9.59 Å². The normalized spacial score (nSPS) is 21.8. The van der Waals surface area contributed by atoms with Gasteiger partial charge in [0.1, 0.15) is 11.4 Å². The molecular formula is C20H27N3O2. The van der Waals surface area contributed by atoms with E-state index >= 15 is 0 Å². The summed E-state index contributed by atoms with van der Waals surface area (Å²) in [5, 5.41) is 0. The third-order valence-corrected chi connectivity index (χ3v) is 5.10. The number of likely N-dealkylation sites (tertiary alicyclic amines) is 1. The average Bonchev–Trinajstić information content (AvgIpc) is 2.90. The van der Waals surface area contributed by atoms with Gasteiger partial charge in [-0.15, -0.1) is 0 Å². The van der Waals surface area contributed by atoms with Crippen molar-refractivity contribution in [2.45, 2.75) is 59.0 Å². The Hall–Kier alpha value is -2.01. The van der Waals surface area contributed by atoms with Gasteiger partial charge >= 0.3 is 0 Å². The number of hydrogen-bond donors (Lipinski definition) is 0. The quantitative estimate of drug-likeness (QED) is 0.861. The van der Waals surface area contributed by atoms with Gasteiger partial charge in [-0.3, -0.25) is 18.9 Å². The van der Waals surface area contributed by atoms with Crippen molar-refractivity contribution in [1.29, 1.82) is 0 Å². The molecule has 134 valence electrons. The second-order valence-electron chi connectivity index (χ2n) is 8.38. The van der Waals surface area contributed by atoms with Crippen molar-refractivity contribution in [3.05, 3.63) is 46.0 Å². The van der Waals surface area contributed by atoms with Crippen molar-refractivity contribution in [2.75, 3.05) is 6.54 Å². The summed E-state index contributed by atoms with van der Waals surface area (Å²) in [6, 6.07) is 3.87. The van der Waals surface area contributed by atoms with Crippen LogP contribution in [0.4, 0.5) is 0 Å². The fourth-order valence-electron chi connectivity index (χ4n) is 3.64. The minimum absolute atomic E-state index is 0.0124. The van der Waals surface area contributed by atoms with E-state index in [2.05, 4.69) is 37.6 Å². The van der Waals surface area contributed by atoms with Crippen molar-refractivity contribution < 1.29 is 4.79 Å². The van der Waals surface area contributed by atoms with Gasteiger partial charge in [0.25, 0.3) is 5.56 Å². The second-order valence-corrected chi connectivity index (χ2v) is 8.38. The average molecular weight is 341 g/mol. The highest BCUT2D eigenvalue weighted by Crippen LogP contribution is 2.25.